The minimum absolute atomic E-state index is 0.00969. The van der Waals surface area contributed by atoms with Crippen LogP contribution in [0.3, 0.4) is 0 Å². The maximum atomic E-state index is 12.1. The number of halogens is 1. The minimum atomic E-state index is -0.749. The van der Waals surface area contributed by atoms with Crippen LogP contribution in [0.1, 0.15) is 41.7 Å². The van der Waals surface area contributed by atoms with E-state index in [1.165, 1.54) is 6.20 Å². The monoisotopic (exact) mass is 296 g/mol. The van der Waals surface area contributed by atoms with Crippen LogP contribution in [-0.2, 0) is 4.79 Å². The lowest BCUT2D eigenvalue weighted by molar-refractivity contribution is -0.142. The highest BCUT2D eigenvalue weighted by Crippen LogP contribution is 2.25. The number of nitrogens with one attached hydrogen (secondary N) is 1. The number of carboxylic acids is 1. The van der Waals surface area contributed by atoms with Gasteiger partial charge in [-0.2, -0.15) is 0 Å². The van der Waals surface area contributed by atoms with Gasteiger partial charge in [0.25, 0.3) is 5.91 Å². The Bertz CT molecular complexity index is 525. The molecule has 1 heterocycles. The Morgan fingerprint density at radius 2 is 2.00 bits per heavy atom. The Balaban J connectivity index is 1.94. The lowest BCUT2D eigenvalue weighted by atomic mass is 9.86. The molecule has 5 nitrogen and oxygen atoms in total. The molecule has 1 amide bonds. The summed E-state index contributed by atoms with van der Waals surface area (Å²) < 4.78 is 0. The first-order valence-corrected chi connectivity index (χ1v) is 7.01. The molecule has 0 aromatic carbocycles. The fraction of sp³-hybridized carbons (Fsp3) is 0.500. The molecular formula is C14H17ClN2O3. The van der Waals surface area contributed by atoms with Crippen LogP contribution in [0.2, 0.25) is 5.02 Å². The zero-order valence-corrected chi connectivity index (χ0v) is 12.0. The number of rotatable bonds is 3. The number of nitrogens with zero attached hydrogens (tertiary/aromatic N) is 1. The van der Waals surface area contributed by atoms with Gasteiger partial charge in [-0.3, -0.25) is 14.6 Å². The first-order chi connectivity index (χ1) is 9.47. The Morgan fingerprint density at radius 3 is 2.55 bits per heavy atom. The quantitative estimate of drug-likeness (QED) is 0.898. The van der Waals surface area contributed by atoms with E-state index >= 15 is 0 Å². The minimum Gasteiger partial charge on any atom is -0.481 e. The highest BCUT2D eigenvalue weighted by atomic mass is 35.5. The van der Waals surface area contributed by atoms with E-state index in [0.717, 1.165) is 5.69 Å². The number of carboxylic acid groups (broad SMARTS) is 1. The molecule has 0 spiro atoms. The number of hydrogen-bond donors (Lipinski definition) is 2. The number of aliphatic carboxylic acids is 1. The molecule has 0 atom stereocenters. The molecule has 1 fully saturated rings. The van der Waals surface area contributed by atoms with E-state index in [0.29, 0.717) is 36.3 Å². The molecule has 1 aromatic heterocycles. The molecule has 1 aromatic rings. The van der Waals surface area contributed by atoms with E-state index in [-0.39, 0.29) is 17.9 Å². The molecule has 0 unspecified atom stereocenters. The van der Waals surface area contributed by atoms with Crippen LogP contribution in [0.5, 0.6) is 0 Å². The van der Waals surface area contributed by atoms with Crippen molar-refractivity contribution in [2.45, 2.75) is 38.6 Å². The van der Waals surface area contributed by atoms with Crippen LogP contribution in [0.4, 0.5) is 0 Å². The fourth-order valence-electron chi connectivity index (χ4n) is 2.44. The van der Waals surface area contributed by atoms with Gasteiger partial charge in [0.05, 0.1) is 16.5 Å². The molecule has 1 aliphatic carbocycles. The number of carbonyl (C=O) groups excluding carboxylic acids is 1. The van der Waals surface area contributed by atoms with Gasteiger partial charge >= 0.3 is 5.97 Å². The highest BCUT2D eigenvalue weighted by Gasteiger charge is 2.27. The van der Waals surface area contributed by atoms with E-state index in [2.05, 4.69) is 10.3 Å². The van der Waals surface area contributed by atoms with E-state index < -0.39 is 5.97 Å². The summed E-state index contributed by atoms with van der Waals surface area (Å²) in [5.41, 5.74) is 1.12. The second kappa shape index (κ2) is 6.22. The van der Waals surface area contributed by atoms with Gasteiger partial charge in [0, 0.05) is 17.9 Å². The Labute approximate surface area is 122 Å². The van der Waals surface area contributed by atoms with Crippen molar-refractivity contribution < 1.29 is 14.7 Å². The van der Waals surface area contributed by atoms with Gasteiger partial charge in [-0.25, -0.2) is 0 Å². The fourth-order valence-corrected chi connectivity index (χ4v) is 2.73. The van der Waals surface area contributed by atoms with E-state index in [4.69, 9.17) is 16.7 Å². The zero-order valence-electron chi connectivity index (χ0n) is 11.2. The van der Waals surface area contributed by atoms with Crippen molar-refractivity contribution in [3.05, 3.63) is 28.5 Å². The van der Waals surface area contributed by atoms with Crippen molar-refractivity contribution in [1.82, 2.24) is 10.3 Å². The SMILES string of the molecule is Cc1cc(Cl)c(C(=O)NC2CCC(C(=O)O)CC2)cn1. The van der Waals surface area contributed by atoms with E-state index in [1.807, 2.05) is 0 Å². The topological polar surface area (TPSA) is 79.3 Å². The first kappa shape index (κ1) is 14.8. The number of amides is 1. The predicted molar refractivity (Wildman–Crippen MR) is 74.8 cm³/mol. The second-order valence-electron chi connectivity index (χ2n) is 5.17. The Kier molecular flexibility index (Phi) is 4.60. The van der Waals surface area contributed by atoms with Crippen LogP contribution < -0.4 is 5.32 Å². The maximum Gasteiger partial charge on any atom is 0.306 e. The summed E-state index contributed by atoms with van der Waals surface area (Å²) in [6.07, 6.45) is 4.02. The Hall–Kier alpha value is -1.62. The Morgan fingerprint density at radius 1 is 1.35 bits per heavy atom. The van der Waals surface area contributed by atoms with Crippen molar-refractivity contribution in [2.24, 2.45) is 5.92 Å². The average molecular weight is 297 g/mol. The summed E-state index contributed by atoms with van der Waals surface area (Å²) in [6, 6.07) is 1.66. The second-order valence-corrected chi connectivity index (χ2v) is 5.57. The molecule has 0 saturated heterocycles. The molecule has 0 bridgehead atoms. The molecule has 0 aliphatic heterocycles. The van der Waals surface area contributed by atoms with Crippen LogP contribution >= 0.6 is 11.6 Å². The van der Waals surface area contributed by atoms with Gasteiger partial charge in [-0.15, -0.1) is 0 Å². The molecule has 0 radical (unpaired) electrons. The number of carbonyl (C=O) groups is 2. The summed E-state index contributed by atoms with van der Waals surface area (Å²) >= 11 is 6.03. The third-order valence-corrected chi connectivity index (χ3v) is 3.96. The van der Waals surface area contributed by atoms with Crippen LogP contribution in [0, 0.1) is 12.8 Å². The zero-order chi connectivity index (χ0) is 14.7. The molecule has 2 N–H and O–H groups in total. The van der Waals surface area contributed by atoms with E-state index in [1.54, 1.807) is 13.0 Å². The smallest absolute Gasteiger partial charge is 0.306 e. The van der Waals surface area contributed by atoms with Gasteiger partial charge in [0.1, 0.15) is 0 Å². The number of hydrogen-bond acceptors (Lipinski definition) is 3. The summed E-state index contributed by atoms with van der Waals surface area (Å²) in [4.78, 5) is 27.0. The highest BCUT2D eigenvalue weighted by molar-refractivity contribution is 6.33. The molecule has 6 heteroatoms. The van der Waals surface area contributed by atoms with Crippen LogP contribution in [0.25, 0.3) is 0 Å². The number of pyridine rings is 1. The van der Waals surface area contributed by atoms with Crippen molar-refractivity contribution in [1.29, 1.82) is 0 Å². The van der Waals surface area contributed by atoms with Crippen molar-refractivity contribution in [2.75, 3.05) is 0 Å². The third kappa shape index (κ3) is 3.48. The number of aryl methyl sites for hydroxylation is 1. The molecule has 108 valence electrons. The number of aromatic nitrogens is 1. The van der Waals surface area contributed by atoms with Gasteiger partial charge in [0.2, 0.25) is 0 Å². The summed E-state index contributed by atoms with van der Waals surface area (Å²) in [5, 5.41) is 12.2. The predicted octanol–water partition coefficient (Wildman–Crippen LogP) is 2.42. The molecule has 2 rings (SSSR count). The summed E-state index contributed by atoms with van der Waals surface area (Å²) in [7, 11) is 0. The van der Waals surface area contributed by atoms with Crippen molar-refractivity contribution in [3.63, 3.8) is 0 Å². The molecule has 1 saturated carbocycles. The van der Waals surface area contributed by atoms with Gasteiger partial charge in [0.15, 0.2) is 0 Å². The van der Waals surface area contributed by atoms with Gasteiger partial charge in [-0.05, 0) is 38.7 Å². The van der Waals surface area contributed by atoms with Crippen LogP contribution in [0.15, 0.2) is 12.3 Å². The largest absolute Gasteiger partial charge is 0.481 e. The lowest BCUT2D eigenvalue weighted by Crippen LogP contribution is -2.38. The first-order valence-electron chi connectivity index (χ1n) is 6.63. The average Bonchev–Trinajstić information content (AvgIpc) is 2.39. The lowest BCUT2D eigenvalue weighted by Gasteiger charge is -2.26. The van der Waals surface area contributed by atoms with Crippen molar-refractivity contribution in [3.8, 4) is 0 Å². The molecular weight excluding hydrogens is 280 g/mol. The standard InChI is InChI=1S/C14H17ClN2O3/c1-8-6-12(15)11(7-16-8)13(18)17-10-4-2-9(3-5-10)14(19)20/h6-7,9-10H,2-5H2,1H3,(H,17,18)(H,19,20). The van der Waals surface area contributed by atoms with E-state index in [9.17, 15) is 9.59 Å². The molecule has 1 aliphatic rings. The summed E-state index contributed by atoms with van der Waals surface area (Å²) in [6.45, 7) is 1.81. The third-order valence-electron chi connectivity index (χ3n) is 3.65. The maximum absolute atomic E-state index is 12.1. The van der Waals surface area contributed by atoms with Crippen LogP contribution in [-0.4, -0.2) is 28.0 Å². The summed E-state index contributed by atoms with van der Waals surface area (Å²) in [5.74, 6) is -1.28. The van der Waals surface area contributed by atoms with Gasteiger partial charge < -0.3 is 10.4 Å². The van der Waals surface area contributed by atoms with Crippen molar-refractivity contribution >= 4 is 23.5 Å². The molecule has 20 heavy (non-hydrogen) atoms. The van der Waals surface area contributed by atoms with Gasteiger partial charge in [-0.1, -0.05) is 11.6 Å². The normalized spacial score (nSPS) is 22.3.